The molecule has 1 aromatic rings. The predicted molar refractivity (Wildman–Crippen MR) is 88.7 cm³/mol. The molecule has 7 heteroatoms. The van der Waals surface area contributed by atoms with Crippen LogP contribution in [-0.2, 0) is 14.3 Å². The van der Waals surface area contributed by atoms with Gasteiger partial charge in [-0.3, -0.25) is 4.79 Å². The van der Waals surface area contributed by atoms with Crippen LogP contribution in [-0.4, -0.2) is 24.3 Å². The monoisotopic (exact) mass is 345 g/mol. The normalized spacial score (nSPS) is 11.9. The maximum absolute atomic E-state index is 11.7. The lowest BCUT2D eigenvalue weighted by Crippen LogP contribution is -2.27. The van der Waals surface area contributed by atoms with Gasteiger partial charge in [-0.2, -0.15) is 0 Å². The highest BCUT2D eigenvalue weighted by molar-refractivity contribution is 5.85. The van der Waals surface area contributed by atoms with Gasteiger partial charge < -0.3 is 19.9 Å². The second-order valence-electron chi connectivity index (χ2n) is 5.75. The average molecular weight is 346 g/mol. The molecule has 0 radical (unpaired) electrons. The number of carbonyl (C=O) groups excluding carboxylic acids is 2. The van der Waals surface area contributed by atoms with Gasteiger partial charge in [0.2, 0.25) is 0 Å². The number of carbonyl (C=O) groups is 2. The molecule has 0 aliphatic carbocycles. The van der Waals surface area contributed by atoms with Gasteiger partial charge in [0.1, 0.15) is 18.0 Å². The molecule has 0 spiro atoms. The molecule has 0 saturated heterocycles. The number of hydrogen-bond acceptors (Lipinski definition) is 6. The topological polar surface area (TPSA) is 87.9 Å². The minimum atomic E-state index is -0.808. The molecule has 0 aromatic heterocycles. The van der Waals surface area contributed by atoms with Crippen LogP contribution in [0.25, 0.3) is 0 Å². The summed E-state index contributed by atoms with van der Waals surface area (Å²) in [4.78, 5) is 22.9. The Hall–Kier alpha value is -1.79. The van der Waals surface area contributed by atoms with Crippen molar-refractivity contribution in [3.63, 3.8) is 0 Å². The van der Waals surface area contributed by atoms with Crippen molar-refractivity contribution in [2.24, 2.45) is 5.73 Å². The third-order valence-electron chi connectivity index (χ3n) is 2.61. The fraction of sp³-hybridized carbons (Fsp3) is 0.500. The zero-order valence-corrected chi connectivity index (χ0v) is 14.6. The Bertz CT molecular complexity index is 527. The van der Waals surface area contributed by atoms with Crippen molar-refractivity contribution in [1.82, 2.24) is 0 Å². The van der Waals surface area contributed by atoms with Crippen molar-refractivity contribution >= 4 is 24.5 Å². The average Bonchev–Trinajstić information content (AvgIpc) is 2.42. The number of hydrogen-bond donors (Lipinski definition) is 1. The van der Waals surface area contributed by atoms with Crippen LogP contribution in [0.1, 0.15) is 45.7 Å². The van der Waals surface area contributed by atoms with Crippen LogP contribution in [0, 0.1) is 0 Å². The number of benzene rings is 1. The molecule has 0 heterocycles. The lowest BCUT2D eigenvalue weighted by molar-refractivity contribution is -0.143. The Labute approximate surface area is 142 Å². The van der Waals surface area contributed by atoms with E-state index in [9.17, 15) is 9.59 Å². The zero-order chi connectivity index (χ0) is 16.8. The Morgan fingerprint density at radius 2 is 1.83 bits per heavy atom. The first-order valence-corrected chi connectivity index (χ1v) is 7.14. The maximum atomic E-state index is 11.7. The van der Waals surface area contributed by atoms with Gasteiger partial charge in [-0.1, -0.05) is 25.1 Å². The molecule has 0 bridgehead atoms. The minimum Gasteiger partial charge on any atom is -0.464 e. The zero-order valence-electron chi connectivity index (χ0n) is 13.8. The first-order valence-electron chi connectivity index (χ1n) is 7.14. The molecule has 1 atom stereocenters. The van der Waals surface area contributed by atoms with Gasteiger partial charge >= 0.3 is 12.1 Å². The third kappa shape index (κ3) is 7.85. The van der Waals surface area contributed by atoms with Crippen LogP contribution in [0.15, 0.2) is 24.3 Å². The van der Waals surface area contributed by atoms with Crippen LogP contribution in [0.4, 0.5) is 4.79 Å². The molecule has 0 aliphatic rings. The molecular weight excluding hydrogens is 322 g/mol. The van der Waals surface area contributed by atoms with Crippen molar-refractivity contribution in [2.75, 3.05) is 6.61 Å². The fourth-order valence-corrected chi connectivity index (χ4v) is 1.61. The van der Waals surface area contributed by atoms with Crippen LogP contribution in [0.2, 0.25) is 0 Å². The molecule has 6 nitrogen and oxygen atoms in total. The SMILES string of the molecule is CCC(=O)OCC(N)c1ccccc1OC(=O)OC(C)(C)C.Cl. The Morgan fingerprint density at radius 3 is 2.39 bits per heavy atom. The van der Waals surface area contributed by atoms with Gasteiger partial charge in [0.15, 0.2) is 0 Å². The lowest BCUT2D eigenvalue weighted by Gasteiger charge is -2.20. The quantitative estimate of drug-likeness (QED) is 0.650. The highest BCUT2D eigenvalue weighted by atomic mass is 35.5. The molecule has 2 N–H and O–H groups in total. The first kappa shape index (κ1) is 21.2. The maximum Gasteiger partial charge on any atom is 0.514 e. The number of para-hydroxylation sites is 1. The smallest absolute Gasteiger partial charge is 0.464 e. The second kappa shape index (κ2) is 9.37. The summed E-state index contributed by atoms with van der Waals surface area (Å²) >= 11 is 0. The highest BCUT2D eigenvalue weighted by Gasteiger charge is 2.21. The summed E-state index contributed by atoms with van der Waals surface area (Å²) in [6, 6.07) is 6.21. The van der Waals surface area contributed by atoms with E-state index in [-0.39, 0.29) is 37.2 Å². The summed E-state index contributed by atoms with van der Waals surface area (Å²) in [5.74, 6) is -0.0437. The van der Waals surface area contributed by atoms with Crippen molar-refractivity contribution in [3.05, 3.63) is 29.8 Å². The number of halogens is 1. The van der Waals surface area contributed by atoms with Gasteiger partial charge in [-0.15, -0.1) is 12.4 Å². The van der Waals surface area contributed by atoms with Gasteiger partial charge in [0, 0.05) is 12.0 Å². The summed E-state index contributed by atoms with van der Waals surface area (Å²) < 4.78 is 15.3. The minimum absolute atomic E-state index is 0. The van der Waals surface area contributed by atoms with Gasteiger partial charge in [-0.05, 0) is 26.8 Å². The molecule has 1 rings (SSSR count). The Kier molecular flexibility index (Phi) is 8.64. The predicted octanol–water partition coefficient (Wildman–Crippen LogP) is 3.38. The van der Waals surface area contributed by atoms with E-state index in [1.54, 1.807) is 52.0 Å². The third-order valence-corrected chi connectivity index (χ3v) is 2.61. The second-order valence-corrected chi connectivity index (χ2v) is 5.75. The largest absolute Gasteiger partial charge is 0.514 e. The van der Waals surface area contributed by atoms with Crippen molar-refractivity contribution in [3.8, 4) is 5.75 Å². The Morgan fingerprint density at radius 1 is 1.22 bits per heavy atom. The summed E-state index contributed by atoms with van der Waals surface area (Å²) in [7, 11) is 0. The molecular formula is C16H24ClNO5. The van der Waals surface area contributed by atoms with Crippen molar-refractivity contribution in [2.45, 2.75) is 45.8 Å². The van der Waals surface area contributed by atoms with E-state index in [4.69, 9.17) is 19.9 Å². The molecule has 130 valence electrons. The van der Waals surface area contributed by atoms with Gasteiger partial charge in [0.05, 0.1) is 6.04 Å². The van der Waals surface area contributed by atoms with Gasteiger partial charge in [-0.25, -0.2) is 4.79 Å². The van der Waals surface area contributed by atoms with Crippen molar-refractivity contribution in [1.29, 1.82) is 0 Å². The van der Waals surface area contributed by atoms with Crippen LogP contribution >= 0.6 is 12.4 Å². The molecule has 1 unspecified atom stereocenters. The van der Waals surface area contributed by atoms with E-state index in [1.807, 2.05) is 0 Å². The highest BCUT2D eigenvalue weighted by Crippen LogP contribution is 2.25. The molecule has 0 fully saturated rings. The van der Waals surface area contributed by atoms with E-state index < -0.39 is 17.8 Å². The molecule has 23 heavy (non-hydrogen) atoms. The number of ether oxygens (including phenoxy) is 3. The Balaban J connectivity index is 0.00000484. The number of nitrogens with two attached hydrogens (primary N) is 1. The van der Waals surface area contributed by atoms with Crippen molar-refractivity contribution < 1.29 is 23.8 Å². The van der Waals surface area contributed by atoms with E-state index >= 15 is 0 Å². The summed E-state index contributed by atoms with van der Waals surface area (Å²) in [5.41, 5.74) is 5.91. The summed E-state index contributed by atoms with van der Waals surface area (Å²) in [6.45, 7) is 6.96. The van der Waals surface area contributed by atoms with Crippen LogP contribution in [0.3, 0.4) is 0 Å². The standard InChI is InChI=1S/C16H23NO5.ClH/c1-5-14(18)20-10-12(17)11-8-6-7-9-13(11)21-15(19)22-16(2,3)4;/h6-9,12H,5,10,17H2,1-4H3;1H. The molecule has 0 saturated carbocycles. The lowest BCUT2D eigenvalue weighted by atomic mass is 10.1. The van der Waals surface area contributed by atoms with Gasteiger partial charge in [0.25, 0.3) is 0 Å². The molecule has 0 amide bonds. The van der Waals surface area contributed by atoms with Crippen LogP contribution in [0.5, 0.6) is 5.75 Å². The first-order chi connectivity index (χ1) is 10.2. The van der Waals surface area contributed by atoms with E-state index in [1.165, 1.54) is 0 Å². The van der Waals surface area contributed by atoms with E-state index in [0.29, 0.717) is 5.56 Å². The molecule has 0 aliphatic heterocycles. The fourth-order valence-electron chi connectivity index (χ4n) is 1.61. The number of rotatable bonds is 5. The molecule has 1 aromatic carbocycles. The van der Waals surface area contributed by atoms with Crippen LogP contribution < -0.4 is 10.5 Å². The summed E-state index contributed by atoms with van der Waals surface area (Å²) in [6.07, 6.45) is -0.527. The van der Waals surface area contributed by atoms with E-state index in [0.717, 1.165) is 0 Å². The summed E-state index contributed by atoms with van der Waals surface area (Å²) in [5, 5.41) is 0. The van der Waals surface area contributed by atoms with E-state index in [2.05, 4.69) is 0 Å². The number of esters is 1.